The number of fused-ring (bicyclic) bond motifs is 1. The lowest BCUT2D eigenvalue weighted by molar-refractivity contribution is 0.728. The Morgan fingerprint density at radius 2 is 2.33 bits per heavy atom. The van der Waals surface area contributed by atoms with Gasteiger partial charge in [0.1, 0.15) is 22.4 Å². The van der Waals surface area contributed by atoms with Gasteiger partial charge in [-0.1, -0.05) is 0 Å². The monoisotopic (exact) mass is 324 g/mol. The van der Waals surface area contributed by atoms with E-state index in [1.165, 1.54) is 10.4 Å². The molecular weight excluding hydrogens is 312 g/mol. The highest BCUT2D eigenvalue weighted by Gasteiger charge is 2.21. The van der Waals surface area contributed by atoms with Gasteiger partial charge in [0.15, 0.2) is 0 Å². The van der Waals surface area contributed by atoms with E-state index in [1.807, 2.05) is 18.4 Å². The summed E-state index contributed by atoms with van der Waals surface area (Å²) in [5.41, 5.74) is 1.42. The fourth-order valence-corrected chi connectivity index (χ4v) is 3.73. The first-order valence-electron chi connectivity index (χ1n) is 5.78. The number of aromatic nitrogens is 2. The van der Waals surface area contributed by atoms with E-state index in [9.17, 15) is 0 Å². The molecule has 3 rings (SSSR count). The van der Waals surface area contributed by atoms with Crippen LogP contribution in [0.5, 0.6) is 0 Å². The molecule has 2 aromatic heterocycles. The van der Waals surface area contributed by atoms with Crippen molar-refractivity contribution in [3.8, 4) is 0 Å². The second-order valence-electron chi connectivity index (χ2n) is 4.15. The lowest BCUT2D eigenvalue weighted by atomic mass is 10.1. The van der Waals surface area contributed by atoms with Crippen LogP contribution in [-0.2, 0) is 13.0 Å². The van der Waals surface area contributed by atoms with Gasteiger partial charge in [-0.15, -0.1) is 11.3 Å². The van der Waals surface area contributed by atoms with Crippen molar-refractivity contribution in [2.45, 2.75) is 13.0 Å². The van der Waals surface area contributed by atoms with Crippen molar-refractivity contribution >= 4 is 38.9 Å². The Bertz CT molecular complexity index is 569. The van der Waals surface area contributed by atoms with Crippen LogP contribution in [0.4, 0.5) is 11.6 Å². The maximum absolute atomic E-state index is 4.40. The van der Waals surface area contributed by atoms with Crippen molar-refractivity contribution in [3.63, 3.8) is 0 Å². The van der Waals surface area contributed by atoms with Gasteiger partial charge in [0.05, 0.1) is 0 Å². The zero-order valence-corrected chi connectivity index (χ0v) is 12.4. The van der Waals surface area contributed by atoms with E-state index in [0.29, 0.717) is 0 Å². The van der Waals surface area contributed by atoms with Gasteiger partial charge >= 0.3 is 0 Å². The molecule has 1 N–H and O–H groups in total. The van der Waals surface area contributed by atoms with Gasteiger partial charge in [0.2, 0.25) is 0 Å². The quantitative estimate of drug-likeness (QED) is 0.922. The molecule has 0 amide bonds. The predicted octanol–water partition coefficient (Wildman–Crippen LogP) is 2.91. The molecule has 0 spiro atoms. The normalized spacial score (nSPS) is 14.4. The smallest absolute Gasteiger partial charge is 0.148 e. The average Bonchev–Trinajstić information content (AvgIpc) is 2.86. The first-order chi connectivity index (χ1) is 8.79. The van der Waals surface area contributed by atoms with Gasteiger partial charge in [-0.25, -0.2) is 9.97 Å². The summed E-state index contributed by atoms with van der Waals surface area (Å²) in [7, 11) is 1.87. The summed E-state index contributed by atoms with van der Waals surface area (Å²) in [4.78, 5) is 12.4. The SMILES string of the molecule is CNc1ncnc(N2CCc3sccc3C2)c1Br. The molecule has 18 heavy (non-hydrogen) atoms. The molecule has 94 valence electrons. The largest absolute Gasteiger partial charge is 0.372 e. The molecule has 0 saturated carbocycles. The molecule has 0 unspecified atom stereocenters. The molecule has 0 aromatic carbocycles. The molecular formula is C12H13BrN4S. The second kappa shape index (κ2) is 4.85. The number of nitrogens with one attached hydrogen (secondary N) is 1. The number of hydrogen-bond donors (Lipinski definition) is 1. The molecule has 0 radical (unpaired) electrons. The molecule has 6 heteroatoms. The van der Waals surface area contributed by atoms with E-state index in [4.69, 9.17) is 0 Å². The van der Waals surface area contributed by atoms with E-state index in [2.05, 4.69) is 47.6 Å². The summed E-state index contributed by atoms with van der Waals surface area (Å²) in [6.45, 7) is 1.93. The number of thiophene rings is 1. The van der Waals surface area contributed by atoms with Crippen LogP contribution in [0.2, 0.25) is 0 Å². The molecule has 0 aliphatic carbocycles. The predicted molar refractivity (Wildman–Crippen MR) is 78.4 cm³/mol. The topological polar surface area (TPSA) is 41.1 Å². The Kier molecular flexibility index (Phi) is 3.22. The van der Waals surface area contributed by atoms with Crippen molar-refractivity contribution < 1.29 is 0 Å². The van der Waals surface area contributed by atoms with Crippen LogP contribution in [0, 0.1) is 0 Å². The average molecular weight is 325 g/mol. The maximum Gasteiger partial charge on any atom is 0.148 e. The number of nitrogens with zero attached hydrogens (tertiary/aromatic N) is 3. The fourth-order valence-electron chi connectivity index (χ4n) is 2.18. The fraction of sp³-hybridized carbons (Fsp3) is 0.333. The van der Waals surface area contributed by atoms with E-state index in [1.54, 1.807) is 6.33 Å². The third-order valence-corrected chi connectivity index (χ3v) is 4.87. The third kappa shape index (κ3) is 1.99. The van der Waals surface area contributed by atoms with Gasteiger partial charge < -0.3 is 10.2 Å². The lowest BCUT2D eigenvalue weighted by Gasteiger charge is -2.28. The summed E-state index contributed by atoms with van der Waals surface area (Å²) in [6, 6.07) is 2.21. The standard InChI is InChI=1S/C12H13BrN4S/c1-14-11-10(13)12(16-7-15-11)17-4-2-9-8(6-17)3-5-18-9/h3,5,7H,2,4,6H2,1H3,(H,14,15,16). The first-order valence-corrected chi connectivity index (χ1v) is 7.45. The van der Waals surface area contributed by atoms with Gasteiger partial charge in [-0.2, -0.15) is 0 Å². The van der Waals surface area contributed by atoms with E-state index in [-0.39, 0.29) is 0 Å². The van der Waals surface area contributed by atoms with E-state index in [0.717, 1.165) is 35.6 Å². The summed E-state index contributed by atoms with van der Waals surface area (Å²) in [5.74, 6) is 1.79. The zero-order chi connectivity index (χ0) is 12.5. The highest BCUT2D eigenvalue weighted by Crippen LogP contribution is 2.33. The van der Waals surface area contributed by atoms with Gasteiger partial charge in [-0.3, -0.25) is 0 Å². The third-order valence-electron chi connectivity index (χ3n) is 3.12. The van der Waals surface area contributed by atoms with E-state index >= 15 is 0 Å². The minimum Gasteiger partial charge on any atom is -0.372 e. The Hall–Kier alpha value is -1.14. The molecule has 0 bridgehead atoms. The Labute approximate surface area is 118 Å². The van der Waals surface area contributed by atoms with Crippen LogP contribution in [0.25, 0.3) is 0 Å². The van der Waals surface area contributed by atoms with Gasteiger partial charge in [0, 0.05) is 25.0 Å². The number of rotatable bonds is 2. The lowest BCUT2D eigenvalue weighted by Crippen LogP contribution is -2.30. The Morgan fingerprint density at radius 1 is 1.44 bits per heavy atom. The van der Waals surface area contributed by atoms with Crippen molar-refractivity contribution in [2.24, 2.45) is 0 Å². The number of anilines is 2. The van der Waals surface area contributed by atoms with Gasteiger partial charge in [-0.05, 0) is 39.4 Å². The molecule has 2 aromatic rings. The summed E-state index contributed by atoms with van der Waals surface area (Å²) < 4.78 is 0.936. The molecule has 3 heterocycles. The molecule has 4 nitrogen and oxygen atoms in total. The summed E-state index contributed by atoms with van der Waals surface area (Å²) in [5, 5.41) is 5.24. The van der Waals surface area contributed by atoms with Crippen LogP contribution < -0.4 is 10.2 Å². The minimum atomic E-state index is 0.830. The van der Waals surface area contributed by atoms with Crippen LogP contribution in [0.1, 0.15) is 10.4 Å². The molecule has 1 aliphatic rings. The van der Waals surface area contributed by atoms with Crippen molar-refractivity contribution in [3.05, 3.63) is 32.7 Å². The summed E-state index contributed by atoms with van der Waals surface area (Å²) >= 11 is 5.43. The van der Waals surface area contributed by atoms with Crippen LogP contribution in [0.3, 0.4) is 0 Å². The number of hydrogen-bond acceptors (Lipinski definition) is 5. The molecule has 0 saturated heterocycles. The molecule has 0 fully saturated rings. The summed E-state index contributed by atoms with van der Waals surface area (Å²) in [6.07, 6.45) is 2.70. The Balaban J connectivity index is 1.93. The van der Waals surface area contributed by atoms with Crippen LogP contribution in [-0.4, -0.2) is 23.6 Å². The van der Waals surface area contributed by atoms with Crippen LogP contribution in [0.15, 0.2) is 22.2 Å². The van der Waals surface area contributed by atoms with Gasteiger partial charge in [0.25, 0.3) is 0 Å². The van der Waals surface area contributed by atoms with Crippen molar-refractivity contribution in [1.82, 2.24) is 9.97 Å². The highest BCUT2D eigenvalue weighted by atomic mass is 79.9. The number of halogens is 1. The van der Waals surface area contributed by atoms with Crippen molar-refractivity contribution in [1.29, 1.82) is 0 Å². The first kappa shape index (κ1) is 11.9. The maximum atomic E-state index is 4.40. The Morgan fingerprint density at radius 3 is 3.17 bits per heavy atom. The van der Waals surface area contributed by atoms with Crippen molar-refractivity contribution in [2.75, 3.05) is 23.8 Å². The van der Waals surface area contributed by atoms with E-state index < -0.39 is 0 Å². The second-order valence-corrected chi connectivity index (χ2v) is 5.94. The highest BCUT2D eigenvalue weighted by molar-refractivity contribution is 9.10. The van der Waals surface area contributed by atoms with Crippen LogP contribution >= 0.6 is 27.3 Å². The molecule has 1 aliphatic heterocycles. The zero-order valence-electron chi connectivity index (χ0n) is 9.98. The minimum absolute atomic E-state index is 0.830. The molecule has 0 atom stereocenters.